The summed E-state index contributed by atoms with van der Waals surface area (Å²) in [6, 6.07) is 5.89. The zero-order chi connectivity index (χ0) is 10.8. The van der Waals surface area contributed by atoms with Gasteiger partial charge in [0.1, 0.15) is 0 Å². The van der Waals surface area contributed by atoms with Gasteiger partial charge in [-0.1, -0.05) is 6.07 Å². The molecule has 2 aromatic heterocycles. The van der Waals surface area contributed by atoms with Gasteiger partial charge in [-0.3, -0.25) is 0 Å². The van der Waals surface area contributed by atoms with Crippen LogP contribution in [0.25, 0.3) is 5.65 Å². The molecule has 1 atom stereocenters. The lowest BCUT2D eigenvalue weighted by atomic mass is 10.2. The van der Waals surface area contributed by atoms with Gasteiger partial charge in [-0.2, -0.15) is 16.7 Å². The minimum atomic E-state index is 0.728. The van der Waals surface area contributed by atoms with Crippen LogP contribution in [-0.2, 0) is 0 Å². The Morgan fingerprint density at radius 3 is 3.31 bits per heavy atom. The van der Waals surface area contributed by atoms with E-state index in [4.69, 9.17) is 0 Å². The standard InChI is InChI=1S/C11H14N4S/c1-2-6-15-10(5-1)13-11(14-15)12-8-9-4-3-7-16-9/h1-2,5-6,9H,3-4,7-8H2,(H,12,14). The molecule has 0 spiro atoms. The Kier molecular flexibility index (Phi) is 2.70. The molecule has 16 heavy (non-hydrogen) atoms. The number of pyridine rings is 1. The van der Waals surface area contributed by atoms with Crippen LogP contribution in [0.4, 0.5) is 5.95 Å². The molecule has 1 saturated heterocycles. The summed E-state index contributed by atoms with van der Waals surface area (Å²) in [6.07, 6.45) is 4.57. The summed E-state index contributed by atoms with van der Waals surface area (Å²) < 4.78 is 1.80. The van der Waals surface area contributed by atoms with Crippen molar-refractivity contribution in [1.82, 2.24) is 14.6 Å². The number of thioether (sulfide) groups is 1. The summed E-state index contributed by atoms with van der Waals surface area (Å²) in [6.45, 7) is 0.974. The molecule has 2 aromatic rings. The fourth-order valence-corrected chi connectivity index (χ4v) is 3.12. The number of fused-ring (bicyclic) bond motifs is 1. The Morgan fingerprint density at radius 2 is 2.50 bits per heavy atom. The van der Waals surface area contributed by atoms with Crippen molar-refractivity contribution in [3.63, 3.8) is 0 Å². The normalized spacial score (nSPS) is 20.4. The maximum Gasteiger partial charge on any atom is 0.243 e. The van der Waals surface area contributed by atoms with Crippen molar-refractivity contribution in [2.24, 2.45) is 0 Å². The maximum atomic E-state index is 4.41. The molecular weight excluding hydrogens is 220 g/mol. The minimum absolute atomic E-state index is 0.728. The summed E-state index contributed by atoms with van der Waals surface area (Å²) in [5.41, 5.74) is 0.893. The van der Waals surface area contributed by atoms with E-state index in [0.717, 1.165) is 23.4 Å². The zero-order valence-electron chi connectivity index (χ0n) is 8.97. The molecule has 0 aromatic carbocycles. The maximum absolute atomic E-state index is 4.41. The topological polar surface area (TPSA) is 42.2 Å². The molecule has 1 aliphatic heterocycles. The van der Waals surface area contributed by atoms with Crippen LogP contribution in [0, 0.1) is 0 Å². The largest absolute Gasteiger partial charge is 0.352 e. The van der Waals surface area contributed by atoms with Gasteiger partial charge in [0.15, 0.2) is 5.65 Å². The van der Waals surface area contributed by atoms with Crippen molar-refractivity contribution in [2.75, 3.05) is 17.6 Å². The SMILES string of the molecule is c1ccn2nc(NCC3CCCS3)nc2c1. The highest BCUT2D eigenvalue weighted by Gasteiger charge is 2.15. The fraction of sp³-hybridized carbons (Fsp3) is 0.455. The van der Waals surface area contributed by atoms with E-state index in [1.807, 2.05) is 36.2 Å². The summed E-state index contributed by atoms with van der Waals surface area (Å²) in [4.78, 5) is 4.41. The average molecular weight is 234 g/mol. The second-order valence-electron chi connectivity index (χ2n) is 3.95. The second kappa shape index (κ2) is 4.33. The van der Waals surface area contributed by atoms with E-state index in [9.17, 15) is 0 Å². The van der Waals surface area contributed by atoms with Crippen LogP contribution in [0.15, 0.2) is 24.4 Å². The number of rotatable bonds is 3. The molecule has 3 rings (SSSR count). The summed E-state index contributed by atoms with van der Waals surface area (Å²) in [5.74, 6) is 2.03. The number of nitrogens with zero attached hydrogens (tertiary/aromatic N) is 3. The first-order chi connectivity index (χ1) is 7.92. The molecule has 1 aliphatic rings. The van der Waals surface area contributed by atoms with E-state index in [1.165, 1.54) is 18.6 Å². The van der Waals surface area contributed by atoms with E-state index >= 15 is 0 Å². The summed E-state index contributed by atoms with van der Waals surface area (Å²) in [5, 5.41) is 8.40. The van der Waals surface area contributed by atoms with Gasteiger partial charge < -0.3 is 5.32 Å². The monoisotopic (exact) mass is 234 g/mol. The molecule has 0 radical (unpaired) electrons. The lowest BCUT2D eigenvalue weighted by molar-refractivity contribution is 0.799. The predicted octanol–water partition coefficient (Wildman–Crippen LogP) is 2.04. The Morgan fingerprint density at radius 1 is 1.50 bits per heavy atom. The molecule has 5 heteroatoms. The van der Waals surface area contributed by atoms with Crippen molar-refractivity contribution < 1.29 is 0 Å². The third-order valence-electron chi connectivity index (χ3n) is 2.75. The van der Waals surface area contributed by atoms with Gasteiger partial charge in [-0.05, 0) is 30.7 Å². The van der Waals surface area contributed by atoms with Crippen LogP contribution in [0.5, 0.6) is 0 Å². The highest BCUT2D eigenvalue weighted by Crippen LogP contribution is 2.25. The van der Waals surface area contributed by atoms with Gasteiger partial charge in [0.2, 0.25) is 5.95 Å². The van der Waals surface area contributed by atoms with Crippen molar-refractivity contribution in [3.05, 3.63) is 24.4 Å². The van der Waals surface area contributed by atoms with Crippen molar-refractivity contribution in [1.29, 1.82) is 0 Å². The zero-order valence-corrected chi connectivity index (χ0v) is 9.78. The molecule has 84 valence electrons. The molecule has 1 N–H and O–H groups in total. The van der Waals surface area contributed by atoms with Crippen molar-refractivity contribution in [3.8, 4) is 0 Å². The van der Waals surface area contributed by atoms with Crippen LogP contribution in [0.1, 0.15) is 12.8 Å². The Hall–Kier alpha value is -1.23. The Labute approximate surface area is 98.4 Å². The van der Waals surface area contributed by atoms with E-state index in [1.54, 1.807) is 4.52 Å². The summed E-state index contributed by atoms with van der Waals surface area (Å²) >= 11 is 2.04. The predicted molar refractivity (Wildman–Crippen MR) is 67.0 cm³/mol. The number of hydrogen-bond acceptors (Lipinski definition) is 4. The lowest BCUT2D eigenvalue weighted by Gasteiger charge is -2.07. The number of aromatic nitrogens is 3. The van der Waals surface area contributed by atoms with Gasteiger partial charge in [0.05, 0.1) is 0 Å². The van der Waals surface area contributed by atoms with Crippen molar-refractivity contribution >= 4 is 23.4 Å². The van der Waals surface area contributed by atoms with Gasteiger partial charge in [-0.25, -0.2) is 4.52 Å². The van der Waals surface area contributed by atoms with Crippen LogP contribution >= 0.6 is 11.8 Å². The third-order valence-corrected chi connectivity index (χ3v) is 4.15. The first kappa shape index (κ1) is 9.96. The van der Waals surface area contributed by atoms with E-state index in [-0.39, 0.29) is 0 Å². The lowest BCUT2D eigenvalue weighted by Crippen LogP contribution is -2.14. The fourth-order valence-electron chi connectivity index (χ4n) is 1.92. The van der Waals surface area contributed by atoms with Gasteiger partial charge >= 0.3 is 0 Å². The number of hydrogen-bond donors (Lipinski definition) is 1. The first-order valence-electron chi connectivity index (χ1n) is 5.59. The quantitative estimate of drug-likeness (QED) is 0.882. The molecule has 0 saturated carbocycles. The molecule has 3 heterocycles. The van der Waals surface area contributed by atoms with Gasteiger partial charge in [0.25, 0.3) is 0 Å². The molecule has 0 amide bonds. The average Bonchev–Trinajstić information content (AvgIpc) is 2.95. The minimum Gasteiger partial charge on any atom is -0.352 e. The first-order valence-corrected chi connectivity index (χ1v) is 6.63. The molecule has 4 nitrogen and oxygen atoms in total. The highest BCUT2D eigenvalue weighted by atomic mass is 32.2. The smallest absolute Gasteiger partial charge is 0.243 e. The molecule has 0 aliphatic carbocycles. The Bertz CT molecular complexity index is 443. The molecular formula is C11H14N4S. The van der Waals surface area contributed by atoms with Crippen LogP contribution in [-0.4, -0.2) is 32.1 Å². The van der Waals surface area contributed by atoms with Crippen molar-refractivity contribution in [2.45, 2.75) is 18.1 Å². The number of nitrogens with one attached hydrogen (secondary N) is 1. The van der Waals surface area contributed by atoms with E-state index < -0.39 is 0 Å². The summed E-state index contributed by atoms with van der Waals surface area (Å²) in [7, 11) is 0. The van der Waals surface area contributed by atoms with Crippen LogP contribution in [0.3, 0.4) is 0 Å². The second-order valence-corrected chi connectivity index (χ2v) is 5.36. The molecule has 0 bridgehead atoms. The molecule has 1 fully saturated rings. The van der Waals surface area contributed by atoms with Crippen LogP contribution in [0.2, 0.25) is 0 Å². The highest BCUT2D eigenvalue weighted by molar-refractivity contribution is 8.00. The third kappa shape index (κ3) is 2.00. The van der Waals surface area contributed by atoms with E-state index in [0.29, 0.717) is 0 Å². The number of anilines is 1. The Balaban J connectivity index is 1.69. The van der Waals surface area contributed by atoms with Crippen LogP contribution < -0.4 is 5.32 Å². The molecule has 1 unspecified atom stereocenters. The van der Waals surface area contributed by atoms with Gasteiger partial charge in [0, 0.05) is 18.0 Å². The van der Waals surface area contributed by atoms with Gasteiger partial charge in [-0.15, -0.1) is 5.10 Å². The van der Waals surface area contributed by atoms with E-state index in [2.05, 4.69) is 15.4 Å².